The molecule has 3 rings (SSSR count). The Morgan fingerprint density at radius 3 is 2.48 bits per heavy atom. The fourth-order valence-corrected chi connectivity index (χ4v) is 3.21. The molecule has 0 bridgehead atoms. The van der Waals surface area contributed by atoms with Crippen molar-refractivity contribution in [3.63, 3.8) is 0 Å². The zero-order chi connectivity index (χ0) is 15.0. The standard InChI is InChI=1S/C15H10F3NOS/c16-10-7-9(8-11(17)14(10)18)15(20)19-5-6-21-13-4-2-1-3-12(13)19/h1-4,7-8H,5-6H2. The van der Waals surface area contributed by atoms with Gasteiger partial charge >= 0.3 is 0 Å². The summed E-state index contributed by atoms with van der Waals surface area (Å²) in [5.41, 5.74) is 0.497. The number of fused-ring (bicyclic) bond motifs is 1. The molecule has 0 unspecified atom stereocenters. The molecule has 0 aromatic heterocycles. The summed E-state index contributed by atoms with van der Waals surface area (Å²) in [6.45, 7) is 0.432. The highest BCUT2D eigenvalue weighted by molar-refractivity contribution is 7.99. The molecule has 0 atom stereocenters. The van der Waals surface area contributed by atoms with Crippen molar-refractivity contribution >= 4 is 23.4 Å². The summed E-state index contributed by atoms with van der Waals surface area (Å²) in [4.78, 5) is 14.8. The number of amides is 1. The third-order valence-corrected chi connectivity index (χ3v) is 4.25. The third-order valence-electron chi connectivity index (χ3n) is 3.20. The van der Waals surface area contributed by atoms with Crippen LogP contribution < -0.4 is 4.90 Å². The van der Waals surface area contributed by atoms with Gasteiger partial charge in [0.2, 0.25) is 0 Å². The number of benzene rings is 2. The van der Waals surface area contributed by atoms with Crippen LogP contribution in [0.15, 0.2) is 41.3 Å². The fourth-order valence-electron chi connectivity index (χ4n) is 2.22. The van der Waals surface area contributed by atoms with Crippen molar-refractivity contribution in [1.82, 2.24) is 0 Å². The molecule has 1 amide bonds. The third kappa shape index (κ3) is 2.51. The molecule has 1 aliphatic rings. The van der Waals surface area contributed by atoms with E-state index in [9.17, 15) is 18.0 Å². The van der Waals surface area contributed by atoms with Crippen molar-refractivity contribution in [2.45, 2.75) is 4.90 Å². The summed E-state index contributed by atoms with van der Waals surface area (Å²) < 4.78 is 39.5. The van der Waals surface area contributed by atoms with Crippen LogP contribution in [0.3, 0.4) is 0 Å². The van der Waals surface area contributed by atoms with E-state index in [2.05, 4.69) is 0 Å². The molecular formula is C15H10F3NOS. The number of anilines is 1. The number of para-hydroxylation sites is 1. The fraction of sp³-hybridized carbons (Fsp3) is 0.133. The highest BCUT2D eigenvalue weighted by Crippen LogP contribution is 2.35. The first-order chi connectivity index (χ1) is 10.1. The van der Waals surface area contributed by atoms with E-state index in [4.69, 9.17) is 0 Å². The van der Waals surface area contributed by atoms with Gasteiger partial charge < -0.3 is 4.90 Å². The van der Waals surface area contributed by atoms with Gasteiger partial charge in [-0.05, 0) is 24.3 Å². The van der Waals surface area contributed by atoms with E-state index in [1.807, 2.05) is 12.1 Å². The Labute approximate surface area is 123 Å². The van der Waals surface area contributed by atoms with Crippen LogP contribution in [-0.2, 0) is 0 Å². The zero-order valence-corrected chi connectivity index (χ0v) is 11.6. The first kappa shape index (κ1) is 14.0. The minimum Gasteiger partial charge on any atom is -0.306 e. The smallest absolute Gasteiger partial charge is 0.258 e. The first-order valence-corrected chi connectivity index (χ1v) is 7.24. The van der Waals surface area contributed by atoms with Crippen molar-refractivity contribution < 1.29 is 18.0 Å². The average molecular weight is 309 g/mol. The maximum Gasteiger partial charge on any atom is 0.258 e. The number of rotatable bonds is 1. The van der Waals surface area contributed by atoms with E-state index in [-0.39, 0.29) is 5.56 Å². The van der Waals surface area contributed by atoms with E-state index in [0.29, 0.717) is 18.0 Å². The lowest BCUT2D eigenvalue weighted by Gasteiger charge is -2.29. The van der Waals surface area contributed by atoms with Crippen molar-refractivity contribution in [1.29, 1.82) is 0 Å². The highest BCUT2D eigenvalue weighted by Gasteiger charge is 2.25. The van der Waals surface area contributed by atoms with Gasteiger partial charge in [-0.15, -0.1) is 11.8 Å². The monoisotopic (exact) mass is 309 g/mol. The van der Waals surface area contributed by atoms with Crippen LogP contribution in [0, 0.1) is 17.5 Å². The number of carbonyl (C=O) groups is 1. The lowest BCUT2D eigenvalue weighted by atomic mass is 10.1. The van der Waals surface area contributed by atoms with Crippen LogP contribution >= 0.6 is 11.8 Å². The van der Waals surface area contributed by atoms with Crippen LogP contribution in [0.25, 0.3) is 0 Å². The summed E-state index contributed by atoms with van der Waals surface area (Å²) in [6, 6.07) is 8.75. The second-order valence-electron chi connectivity index (χ2n) is 4.53. The molecule has 0 spiro atoms. The molecule has 1 heterocycles. The zero-order valence-electron chi connectivity index (χ0n) is 10.8. The molecule has 2 nitrogen and oxygen atoms in total. The molecule has 2 aromatic carbocycles. The molecule has 0 saturated carbocycles. The Bertz CT molecular complexity index is 697. The molecule has 0 N–H and O–H groups in total. The topological polar surface area (TPSA) is 20.3 Å². The number of nitrogens with zero attached hydrogens (tertiary/aromatic N) is 1. The van der Waals surface area contributed by atoms with E-state index in [1.54, 1.807) is 23.9 Å². The van der Waals surface area contributed by atoms with E-state index in [0.717, 1.165) is 17.0 Å². The Balaban J connectivity index is 2.00. The lowest BCUT2D eigenvalue weighted by Crippen LogP contribution is -2.35. The molecular weight excluding hydrogens is 299 g/mol. The minimum absolute atomic E-state index is 0.201. The number of halogens is 3. The number of hydrogen-bond acceptors (Lipinski definition) is 2. The van der Waals surface area contributed by atoms with Crippen molar-refractivity contribution in [3.05, 3.63) is 59.4 Å². The SMILES string of the molecule is O=C(c1cc(F)c(F)c(F)c1)N1CCSc2ccccc21. The molecule has 0 fully saturated rings. The second-order valence-corrected chi connectivity index (χ2v) is 5.66. The molecule has 108 valence electrons. The molecule has 0 aliphatic carbocycles. The maximum absolute atomic E-state index is 13.3. The summed E-state index contributed by atoms with van der Waals surface area (Å²) >= 11 is 1.61. The van der Waals surface area contributed by atoms with Gasteiger partial charge in [0.1, 0.15) is 0 Å². The Hall–Kier alpha value is -1.95. The summed E-state index contributed by atoms with van der Waals surface area (Å²) in [7, 11) is 0. The summed E-state index contributed by atoms with van der Waals surface area (Å²) in [5, 5.41) is 0. The Kier molecular flexibility index (Phi) is 3.63. The van der Waals surface area contributed by atoms with Crippen LogP contribution in [0.4, 0.5) is 18.9 Å². The lowest BCUT2D eigenvalue weighted by molar-refractivity contribution is 0.0986. The molecule has 0 radical (unpaired) electrons. The van der Waals surface area contributed by atoms with Crippen LogP contribution in [0.5, 0.6) is 0 Å². The first-order valence-electron chi connectivity index (χ1n) is 6.26. The minimum atomic E-state index is -1.57. The van der Waals surface area contributed by atoms with Gasteiger partial charge in [-0.25, -0.2) is 13.2 Å². The Morgan fingerprint density at radius 1 is 1.10 bits per heavy atom. The largest absolute Gasteiger partial charge is 0.306 e. The van der Waals surface area contributed by atoms with Gasteiger partial charge in [0.15, 0.2) is 17.5 Å². The van der Waals surface area contributed by atoms with E-state index in [1.165, 1.54) is 4.90 Å². The van der Waals surface area contributed by atoms with Crippen LogP contribution in [0.1, 0.15) is 10.4 Å². The quantitative estimate of drug-likeness (QED) is 0.746. The number of thioether (sulfide) groups is 1. The average Bonchev–Trinajstić information content (AvgIpc) is 2.51. The van der Waals surface area contributed by atoms with Gasteiger partial charge in [-0.2, -0.15) is 0 Å². The van der Waals surface area contributed by atoms with E-state index < -0.39 is 23.4 Å². The van der Waals surface area contributed by atoms with Gasteiger partial charge in [0, 0.05) is 22.8 Å². The second kappa shape index (κ2) is 5.44. The van der Waals surface area contributed by atoms with Gasteiger partial charge in [-0.3, -0.25) is 4.79 Å². The molecule has 6 heteroatoms. The molecule has 21 heavy (non-hydrogen) atoms. The molecule has 1 aliphatic heterocycles. The predicted molar refractivity (Wildman–Crippen MR) is 75.2 cm³/mol. The van der Waals surface area contributed by atoms with Crippen LogP contribution in [-0.4, -0.2) is 18.2 Å². The molecule has 0 saturated heterocycles. The van der Waals surface area contributed by atoms with Gasteiger partial charge in [0.05, 0.1) is 5.69 Å². The van der Waals surface area contributed by atoms with E-state index >= 15 is 0 Å². The number of hydrogen-bond donors (Lipinski definition) is 0. The van der Waals surface area contributed by atoms with Gasteiger partial charge in [-0.1, -0.05) is 12.1 Å². The highest BCUT2D eigenvalue weighted by atomic mass is 32.2. The van der Waals surface area contributed by atoms with Crippen molar-refractivity contribution in [2.24, 2.45) is 0 Å². The van der Waals surface area contributed by atoms with Crippen LogP contribution in [0.2, 0.25) is 0 Å². The van der Waals surface area contributed by atoms with Crippen molar-refractivity contribution in [2.75, 3.05) is 17.2 Å². The molecule has 2 aromatic rings. The van der Waals surface area contributed by atoms with Gasteiger partial charge in [0.25, 0.3) is 5.91 Å². The Morgan fingerprint density at radius 2 is 1.76 bits per heavy atom. The number of carbonyl (C=O) groups excluding carboxylic acids is 1. The van der Waals surface area contributed by atoms with Crippen molar-refractivity contribution in [3.8, 4) is 0 Å². The maximum atomic E-state index is 13.3. The predicted octanol–water partition coefficient (Wildman–Crippen LogP) is 3.86. The summed E-state index contributed by atoms with van der Waals surface area (Å²) in [5.74, 6) is -4.15. The normalized spacial score (nSPS) is 14.0. The summed E-state index contributed by atoms with van der Waals surface area (Å²) in [6.07, 6.45) is 0.